The predicted octanol–water partition coefficient (Wildman–Crippen LogP) is 8.69. The summed E-state index contributed by atoms with van der Waals surface area (Å²) >= 11 is 0. The number of benzene rings is 3. The van der Waals surface area contributed by atoms with Crippen LogP contribution in [0.3, 0.4) is 0 Å². The van der Waals surface area contributed by atoms with Gasteiger partial charge >= 0.3 is 0 Å². The summed E-state index contributed by atoms with van der Waals surface area (Å²) in [5.41, 5.74) is 19.0. The lowest BCUT2D eigenvalue weighted by molar-refractivity contribution is 0.658. The van der Waals surface area contributed by atoms with Crippen LogP contribution in [0.25, 0.3) is 5.57 Å². The molecule has 0 saturated heterocycles. The molecule has 0 spiro atoms. The molecule has 0 unspecified atom stereocenters. The first-order valence-electron chi connectivity index (χ1n) is 12.9. The highest BCUT2D eigenvalue weighted by Crippen LogP contribution is 2.53. The minimum atomic E-state index is 1.21. The first-order chi connectivity index (χ1) is 16.0. The molecule has 0 aromatic heterocycles. The van der Waals surface area contributed by atoms with Crippen LogP contribution in [-0.2, 0) is 25.7 Å². The van der Waals surface area contributed by atoms with E-state index in [0.717, 1.165) is 0 Å². The van der Waals surface area contributed by atoms with Gasteiger partial charge in [0.25, 0.3) is 0 Å². The van der Waals surface area contributed by atoms with E-state index in [4.69, 9.17) is 0 Å². The van der Waals surface area contributed by atoms with Gasteiger partial charge in [0, 0.05) is 11.1 Å². The molecule has 0 atom stereocenters. The van der Waals surface area contributed by atoms with Crippen molar-refractivity contribution in [3.05, 3.63) is 92.5 Å². The number of hydrogen-bond donors (Lipinski definition) is 0. The Morgan fingerprint density at radius 3 is 1.61 bits per heavy atom. The van der Waals surface area contributed by atoms with E-state index < -0.39 is 0 Å². The van der Waals surface area contributed by atoms with Gasteiger partial charge in [0.05, 0.1) is 17.1 Å². The van der Waals surface area contributed by atoms with E-state index in [1.165, 1.54) is 102 Å². The Bertz CT molecular complexity index is 1210. The fourth-order valence-electron chi connectivity index (χ4n) is 6.52. The summed E-state index contributed by atoms with van der Waals surface area (Å²) in [6.45, 7) is 9.00. The van der Waals surface area contributed by atoms with Gasteiger partial charge in [-0.05, 0) is 131 Å². The van der Waals surface area contributed by atoms with Crippen LogP contribution in [0.2, 0.25) is 0 Å². The van der Waals surface area contributed by atoms with Gasteiger partial charge in [0.2, 0.25) is 0 Å². The van der Waals surface area contributed by atoms with Crippen LogP contribution in [-0.4, -0.2) is 0 Å². The maximum atomic E-state index is 2.67. The Hall–Kier alpha value is -2.80. The molecule has 0 amide bonds. The lowest BCUT2D eigenvalue weighted by Gasteiger charge is -2.40. The van der Waals surface area contributed by atoms with Crippen molar-refractivity contribution in [1.82, 2.24) is 0 Å². The van der Waals surface area contributed by atoms with Crippen molar-refractivity contribution in [2.45, 2.75) is 79.1 Å². The Labute approximate surface area is 199 Å². The molecule has 1 aliphatic heterocycles. The van der Waals surface area contributed by atoms with Crippen LogP contribution in [0.1, 0.15) is 84.0 Å². The number of aryl methyl sites for hydroxylation is 4. The van der Waals surface area contributed by atoms with Crippen molar-refractivity contribution in [3.63, 3.8) is 0 Å². The van der Waals surface area contributed by atoms with Crippen molar-refractivity contribution in [3.8, 4) is 0 Å². The fraction of sp³-hybridized carbons (Fsp3) is 0.375. The number of anilines is 3. The van der Waals surface area contributed by atoms with E-state index in [9.17, 15) is 0 Å². The molecular formula is C32H35N. The SMILES string of the molecule is CC(C)=C1c2cc(C)ccc2N(c2c3c(cc4c2CCCC4)CCCC3)c2ccc(C)cc21. The Morgan fingerprint density at radius 2 is 1.12 bits per heavy atom. The number of allylic oxidation sites excluding steroid dienone is 1. The van der Waals surface area contributed by atoms with Crippen LogP contribution in [0.15, 0.2) is 48.0 Å². The van der Waals surface area contributed by atoms with Gasteiger partial charge in [-0.15, -0.1) is 0 Å². The smallest absolute Gasteiger partial charge is 0.0540 e. The maximum absolute atomic E-state index is 2.67. The average Bonchev–Trinajstić information content (AvgIpc) is 2.81. The third kappa shape index (κ3) is 3.28. The highest BCUT2D eigenvalue weighted by Gasteiger charge is 2.33. The fourth-order valence-corrected chi connectivity index (χ4v) is 6.52. The first-order valence-corrected chi connectivity index (χ1v) is 12.9. The minimum absolute atomic E-state index is 1.21. The number of nitrogens with zero attached hydrogens (tertiary/aromatic N) is 1. The quantitative estimate of drug-likeness (QED) is 0.290. The van der Waals surface area contributed by atoms with Crippen LogP contribution < -0.4 is 4.90 Å². The molecule has 0 N–H and O–H groups in total. The molecule has 0 fully saturated rings. The molecule has 0 radical (unpaired) electrons. The van der Waals surface area contributed by atoms with Gasteiger partial charge in [-0.3, -0.25) is 0 Å². The molecule has 2 aliphatic carbocycles. The highest BCUT2D eigenvalue weighted by molar-refractivity contribution is 6.03. The van der Waals surface area contributed by atoms with Crippen molar-refractivity contribution in [2.24, 2.45) is 0 Å². The summed E-state index contributed by atoms with van der Waals surface area (Å²) in [7, 11) is 0. The van der Waals surface area contributed by atoms with Gasteiger partial charge in [0.1, 0.15) is 0 Å². The number of rotatable bonds is 1. The summed E-state index contributed by atoms with van der Waals surface area (Å²) in [5.74, 6) is 0. The molecule has 168 valence electrons. The zero-order valence-corrected chi connectivity index (χ0v) is 20.6. The summed E-state index contributed by atoms with van der Waals surface area (Å²) < 4.78 is 0. The van der Waals surface area contributed by atoms with Gasteiger partial charge in [-0.1, -0.05) is 34.9 Å². The maximum Gasteiger partial charge on any atom is 0.0540 e. The number of hydrogen-bond acceptors (Lipinski definition) is 1. The highest BCUT2D eigenvalue weighted by atomic mass is 15.2. The molecule has 3 aliphatic rings. The molecule has 1 heterocycles. The normalized spacial score (nSPS) is 16.6. The van der Waals surface area contributed by atoms with Crippen molar-refractivity contribution >= 4 is 22.6 Å². The van der Waals surface area contributed by atoms with E-state index in [-0.39, 0.29) is 0 Å². The van der Waals surface area contributed by atoms with Crippen molar-refractivity contribution in [2.75, 3.05) is 4.90 Å². The molecule has 0 saturated carbocycles. The summed E-state index contributed by atoms with van der Waals surface area (Å²) in [5, 5.41) is 0. The minimum Gasteiger partial charge on any atom is -0.309 e. The van der Waals surface area contributed by atoms with Crippen LogP contribution in [0.5, 0.6) is 0 Å². The molecule has 1 nitrogen and oxygen atoms in total. The van der Waals surface area contributed by atoms with E-state index in [2.05, 4.69) is 75.1 Å². The zero-order valence-electron chi connectivity index (χ0n) is 20.6. The third-order valence-corrected chi connectivity index (χ3v) is 7.99. The van der Waals surface area contributed by atoms with Crippen molar-refractivity contribution < 1.29 is 0 Å². The summed E-state index contributed by atoms with van der Waals surface area (Å²) in [6, 6.07) is 16.8. The van der Waals surface area contributed by atoms with Gasteiger partial charge < -0.3 is 4.90 Å². The van der Waals surface area contributed by atoms with Crippen molar-refractivity contribution in [1.29, 1.82) is 0 Å². The summed E-state index contributed by atoms with van der Waals surface area (Å²) in [4.78, 5) is 2.67. The molecule has 33 heavy (non-hydrogen) atoms. The molecular weight excluding hydrogens is 398 g/mol. The van der Waals surface area contributed by atoms with E-state index in [1.54, 1.807) is 22.3 Å². The Kier molecular flexibility index (Phi) is 4.98. The van der Waals surface area contributed by atoms with Crippen LogP contribution in [0.4, 0.5) is 17.1 Å². The van der Waals surface area contributed by atoms with Gasteiger partial charge in [0.15, 0.2) is 0 Å². The lowest BCUT2D eigenvalue weighted by atomic mass is 9.79. The van der Waals surface area contributed by atoms with Crippen LogP contribution >= 0.6 is 0 Å². The topological polar surface area (TPSA) is 3.24 Å². The Balaban J connectivity index is 1.72. The summed E-state index contributed by atoms with van der Waals surface area (Å²) in [6.07, 6.45) is 10.2. The van der Waals surface area contributed by atoms with Gasteiger partial charge in [-0.2, -0.15) is 0 Å². The molecule has 6 rings (SSSR count). The van der Waals surface area contributed by atoms with E-state index >= 15 is 0 Å². The second-order valence-corrected chi connectivity index (χ2v) is 10.7. The monoisotopic (exact) mass is 433 g/mol. The first kappa shape index (κ1) is 20.8. The predicted molar refractivity (Wildman–Crippen MR) is 141 cm³/mol. The third-order valence-electron chi connectivity index (χ3n) is 7.99. The molecule has 3 aromatic carbocycles. The zero-order chi connectivity index (χ0) is 22.7. The van der Waals surface area contributed by atoms with Gasteiger partial charge in [-0.25, -0.2) is 0 Å². The van der Waals surface area contributed by atoms with E-state index in [1.807, 2.05) is 0 Å². The molecule has 0 bridgehead atoms. The second kappa shape index (κ2) is 7.90. The molecule has 3 aromatic rings. The molecule has 1 heteroatoms. The van der Waals surface area contributed by atoms with E-state index in [0.29, 0.717) is 0 Å². The lowest BCUT2D eigenvalue weighted by Crippen LogP contribution is -2.24. The Morgan fingerprint density at radius 1 is 0.636 bits per heavy atom. The second-order valence-electron chi connectivity index (χ2n) is 10.7. The number of fused-ring (bicyclic) bond motifs is 4. The average molecular weight is 434 g/mol. The van der Waals surface area contributed by atoms with Crippen LogP contribution in [0, 0.1) is 13.8 Å². The standard InChI is InChI=1S/C32H35N/c1-20(2)31-27-17-21(3)13-15-29(27)33(30-16-14-22(4)18-28(30)31)32-25-11-7-5-9-23(25)19-24-10-6-8-12-26(24)32/h13-19H,5-12H2,1-4H3. The largest absolute Gasteiger partial charge is 0.309 e.